The van der Waals surface area contributed by atoms with Crippen LogP contribution in [0, 0.1) is 0 Å². The Morgan fingerprint density at radius 3 is 2.24 bits per heavy atom. The van der Waals surface area contributed by atoms with Gasteiger partial charge < -0.3 is 9.80 Å². The van der Waals surface area contributed by atoms with Gasteiger partial charge in [0, 0.05) is 43.7 Å². The highest BCUT2D eigenvalue weighted by Gasteiger charge is 2.41. The van der Waals surface area contributed by atoms with Crippen molar-refractivity contribution >= 4 is 11.7 Å². The van der Waals surface area contributed by atoms with E-state index in [-0.39, 0.29) is 12.2 Å². The fourth-order valence-corrected chi connectivity index (χ4v) is 3.55. The van der Waals surface area contributed by atoms with Crippen molar-refractivity contribution in [2.75, 3.05) is 33.2 Å². The molecule has 6 heteroatoms. The van der Waals surface area contributed by atoms with Crippen LogP contribution in [0.5, 0.6) is 0 Å². The summed E-state index contributed by atoms with van der Waals surface area (Å²) in [5.74, 6) is -4.59. The van der Waals surface area contributed by atoms with Crippen LogP contribution in [-0.4, -0.2) is 60.6 Å². The average Bonchev–Trinajstić information content (AvgIpc) is 2.74. The molecule has 1 aliphatic heterocycles. The summed E-state index contributed by atoms with van der Waals surface area (Å²) in [5.41, 5.74) is 1.81. The Morgan fingerprint density at radius 2 is 1.55 bits per heavy atom. The predicted molar refractivity (Wildman–Crippen MR) is 108 cm³/mol. The third-order valence-corrected chi connectivity index (χ3v) is 5.34. The van der Waals surface area contributed by atoms with E-state index in [4.69, 9.17) is 0 Å². The SMILES string of the molecule is CN1CCN(C(=O)C(F)(F)CCCc2ccccc2C(=O)c2ccccc2)CC1. The van der Waals surface area contributed by atoms with E-state index in [0.29, 0.717) is 43.7 Å². The van der Waals surface area contributed by atoms with Gasteiger partial charge in [-0.25, -0.2) is 0 Å². The van der Waals surface area contributed by atoms with Gasteiger partial charge in [0.2, 0.25) is 0 Å². The van der Waals surface area contributed by atoms with Gasteiger partial charge >= 0.3 is 5.92 Å². The summed E-state index contributed by atoms with van der Waals surface area (Å²) < 4.78 is 28.9. The van der Waals surface area contributed by atoms with Gasteiger partial charge in [0.1, 0.15) is 0 Å². The summed E-state index contributed by atoms with van der Waals surface area (Å²) in [4.78, 5) is 28.3. The number of alkyl halides is 2. The van der Waals surface area contributed by atoms with Crippen molar-refractivity contribution in [2.24, 2.45) is 0 Å². The number of nitrogens with zero attached hydrogens (tertiary/aromatic N) is 2. The van der Waals surface area contributed by atoms with Gasteiger partial charge in [0.25, 0.3) is 5.91 Å². The fraction of sp³-hybridized carbons (Fsp3) is 0.391. The predicted octanol–water partition coefficient (Wildman–Crippen LogP) is 3.65. The molecular weight excluding hydrogens is 374 g/mol. The maximum absolute atomic E-state index is 14.5. The molecule has 0 spiro atoms. The van der Waals surface area contributed by atoms with Gasteiger partial charge in [0.05, 0.1) is 0 Å². The summed E-state index contributed by atoms with van der Waals surface area (Å²) in [6.45, 7) is 1.88. The minimum atomic E-state index is -3.38. The lowest BCUT2D eigenvalue weighted by Gasteiger charge is -2.34. The summed E-state index contributed by atoms with van der Waals surface area (Å²) in [6, 6.07) is 16.0. The van der Waals surface area contributed by atoms with Crippen LogP contribution in [0.25, 0.3) is 0 Å². The first-order valence-electron chi connectivity index (χ1n) is 9.92. The second-order valence-corrected chi connectivity index (χ2v) is 7.51. The molecule has 3 rings (SSSR count). The summed E-state index contributed by atoms with van der Waals surface area (Å²) in [5, 5.41) is 0. The smallest absolute Gasteiger partial charge is 0.324 e. The highest BCUT2D eigenvalue weighted by atomic mass is 19.3. The minimum Gasteiger partial charge on any atom is -0.335 e. The van der Waals surface area contributed by atoms with Gasteiger partial charge in [-0.15, -0.1) is 0 Å². The molecule has 4 nitrogen and oxygen atoms in total. The van der Waals surface area contributed by atoms with Gasteiger partial charge in [-0.2, -0.15) is 8.78 Å². The monoisotopic (exact) mass is 400 g/mol. The van der Waals surface area contributed by atoms with Crippen LogP contribution >= 0.6 is 0 Å². The van der Waals surface area contributed by atoms with E-state index in [2.05, 4.69) is 0 Å². The minimum absolute atomic E-state index is 0.124. The summed E-state index contributed by atoms with van der Waals surface area (Å²) >= 11 is 0. The zero-order valence-electron chi connectivity index (χ0n) is 16.6. The number of piperazine rings is 1. The topological polar surface area (TPSA) is 40.6 Å². The maximum Gasteiger partial charge on any atom is 0.324 e. The first kappa shape index (κ1) is 21.1. The summed E-state index contributed by atoms with van der Waals surface area (Å²) in [6.07, 6.45) is -0.0715. The van der Waals surface area contributed by atoms with Crippen LogP contribution in [0.4, 0.5) is 8.78 Å². The molecule has 1 heterocycles. The van der Waals surface area contributed by atoms with Crippen molar-refractivity contribution in [1.82, 2.24) is 9.80 Å². The van der Waals surface area contributed by atoms with E-state index in [1.54, 1.807) is 48.5 Å². The van der Waals surface area contributed by atoms with E-state index < -0.39 is 18.3 Å². The van der Waals surface area contributed by atoms with Crippen LogP contribution in [0.2, 0.25) is 0 Å². The quantitative estimate of drug-likeness (QED) is 0.666. The van der Waals surface area contributed by atoms with Crippen LogP contribution in [0.3, 0.4) is 0 Å². The fourth-order valence-electron chi connectivity index (χ4n) is 3.55. The van der Waals surface area contributed by atoms with Gasteiger partial charge in [-0.05, 0) is 25.5 Å². The van der Waals surface area contributed by atoms with Gasteiger partial charge in [0.15, 0.2) is 5.78 Å². The highest BCUT2D eigenvalue weighted by Crippen LogP contribution is 2.26. The molecule has 1 amide bonds. The Kier molecular flexibility index (Phi) is 6.75. The lowest BCUT2D eigenvalue weighted by molar-refractivity contribution is -0.160. The number of amides is 1. The second kappa shape index (κ2) is 9.27. The van der Waals surface area contributed by atoms with Crippen LogP contribution in [0.1, 0.15) is 34.3 Å². The standard InChI is InChI=1S/C23H26F2N2O2/c1-26-14-16-27(17-15-26)22(29)23(24,25)13-7-11-18-8-5-6-12-20(18)21(28)19-9-3-2-4-10-19/h2-6,8-10,12H,7,11,13-17H2,1H3. The van der Waals surface area contributed by atoms with Gasteiger partial charge in [-0.3, -0.25) is 9.59 Å². The summed E-state index contributed by atoms with van der Waals surface area (Å²) in [7, 11) is 1.91. The Bertz CT molecular complexity index is 847. The Labute approximate surface area is 170 Å². The molecule has 1 fully saturated rings. The maximum atomic E-state index is 14.5. The largest absolute Gasteiger partial charge is 0.335 e. The number of hydrogen-bond acceptors (Lipinski definition) is 3. The lowest BCUT2D eigenvalue weighted by Crippen LogP contribution is -2.52. The first-order chi connectivity index (χ1) is 13.9. The molecule has 0 unspecified atom stereocenters. The second-order valence-electron chi connectivity index (χ2n) is 7.51. The highest BCUT2D eigenvalue weighted by molar-refractivity contribution is 6.09. The van der Waals surface area contributed by atoms with Crippen molar-refractivity contribution in [3.63, 3.8) is 0 Å². The van der Waals surface area contributed by atoms with E-state index >= 15 is 0 Å². The van der Waals surface area contributed by atoms with E-state index in [1.807, 2.05) is 18.0 Å². The average molecular weight is 400 g/mol. The number of ketones is 1. The Hall–Kier alpha value is -2.60. The number of aryl methyl sites for hydroxylation is 1. The molecule has 1 aliphatic rings. The van der Waals surface area contributed by atoms with E-state index in [1.165, 1.54) is 4.90 Å². The molecule has 2 aromatic carbocycles. The van der Waals surface area contributed by atoms with Crippen molar-refractivity contribution in [1.29, 1.82) is 0 Å². The molecule has 1 saturated heterocycles. The molecule has 29 heavy (non-hydrogen) atoms. The van der Waals surface area contributed by atoms with Crippen LogP contribution < -0.4 is 0 Å². The molecule has 154 valence electrons. The van der Waals surface area contributed by atoms with Crippen molar-refractivity contribution in [3.05, 3.63) is 71.3 Å². The van der Waals surface area contributed by atoms with Crippen LogP contribution in [0.15, 0.2) is 54.6 Å². The number of likely N-dealkylation sites (N-methyl/N-ethyl adjacent to an activating group) is 1. The normalized spacial score (nSPS) is 15.3. The molecule has 0 bridgehead atoms. The first-order valence-corrected chi connectivity index (χ1v) is 9.92. The molecule has 0 N–H and O–H groups in total. The molecule has 0 aromatic heterocycles. The molecule has 2 aromatic rings. The number of rotatable bonds is 7. The van der Waals surface area contributed by atoms with Crippen LogP contribution in [-0.2, 0) is 11.2 Å². The Morgan fingerprint density at radius 1 is 0.931 bits per heavy atom. The molecule has 0 saturated carbocycles. The number of hydrogen-bond donors (Lipinski definition) is 0. The molecule has 0 aliphatic carbocycles. The third kappa shape index (κ3) is 5.26. The van der Waals surface area contributed by atoms with E-state index in [9.17, 15) is 18.4 Å². The van der Waals surface area contributed by atoms with E-state index in [0.717, 1.165) is 5.56 Å². The molecular formula is C23H26F2N2O2. The lowest BCUT2D eigenvalue weighted by atomic mass is 9.94. The van der Waals surface area contributed by atoms with Crippen molar-refractivity contribution in [3.8, 4) is 0 Å². The zero-order chi connectivity index (χ0) is 20.9. The van der Waals surface area contributed by atoms with Crippen molar-refractivity contribution < 1.29 is 18.4 Å². The number of carbonyl (C=O) groups is 2. The molecule has 0 radical (unpaired) electrons. The molecule has 0 atom stereocenters. The zero-order valence-corrected chi connectivity index (χ0v) is 16.6. The number of carbonyl (C=O) groups excluding carboxylic acids is 2. The number of benzene rings is 2. The van der Waals surface area contributed by atoms with Crippen molar-refractivity contribution in [2.45, 2.75) is 25.2 Å². The third-order valence-electron chi connectivity index (χ3n) is 5.34. The number of halogens is 2. The van der Waals surface area contributed by atoms with Gasteiger partial charge in [-0.1, -0.05) is 54.6 Å². The Balaban J connectivity index is 1.62.